The largest absolute Gasteiger partial charge is 0.456 e. The van der Waals surface area contributed by atoms with Crippen LogP contribution in [0.15, 0.2) is 40.6 Å². The predicted molar refractivity (Wildman–Crippen MR) is 88.3 cm³/mol. The van der Waals surface area contributed by atoms with Gasteiger partial charge in [-0.15, -0.1) is 0 Å². The van der Waals surface area contributed by atoms with Crippen molar-refractivity contribution in [3.05, 3.63) is 35.9 Å². The van der Waals surface area contributed by atoms with Gasteiger partial charge >= 0.3 is 17.9 Å². The summed E-state index contributed by atoms with van der Waals surface area (Å²) in [5.74, 6) is -2.76. The summed E-state index contributed by atoms with van der Waals surface area (Å²) in [6.07, 6.45) is -5.77. The SMILES string of the molecule is CC(=O)O[C@H]([C@@H]1OC(=O)[C@@H]2CN=N[C@@H]2[C@@H]1OC(C)=O)[C@H](F)c1ccccc1. The van der Waals surface area contributed by atoms with Gasteiger partial charge in [0, 0.05) is 13.8 Å². The number of azo groups is 1. The second kappa shape index (κ2) is 7.81. The Kier molecular flexibility index (Phi) is 5.48. The van der Waals surface area contributed by atoms with E-state index in [1.54, 1.807) is 18.2 Å². The molecule has 2 aliphatic rings. The Labute approximate surface area is 154 Å². The molecule has 144 valence electrons. The number of cyclic esters (lactones) is 1. The molecule has 2 heterocycles. The van der Waals surface area contributed by atoms with E-state index in [0.717, 1.165) is 6.92 Å². The average Bonchev–Trinajstić information content (AvgIpc) is 3.12. The van der Waals surface area contributed by atoms with E-state index < -0.39 is 54.4 Å². The molecule has 0 saturated carbocycles. The standard InChI is InChI=1S/C18H19FN2O6/c1-9(22)25-15(13(19)11-6-4-3-5-7-11)17-16(26-10(2)23)14-12(8-20-21-14)18(24)27-17/h3-7,12-17H,8H2,1-2H3/t12-,13-,14+,15+,16+,17+/m1/s1. The summed E-state index contributed by atoms with van der Waals surface area (Å²) in [6.45, 7) is 2.40. The maximum absolute atomic E-state index is 15.3. The minimum atomic E-state index is -1.80. The lowest BCUT2D eigenvalue weighted by molar-refractivity contribution is -0.206. The van der Waals surface area contributed by atoms with Crippen LogP contribution in [0.5, 0.6) is 0 Å². The van der Waals surface area contributed by atoms with Crippen molar-refractivity contribution in [2.45, 2.75) is 44.4 Å². The second-order valence-electron chi connectivity index (χ2n) is 6.40. The van der Waals surface area contributed by atoms with Crippen molar-refractivity contribution in [1.29, 1.82) is 0 Å². The third-order valence-electron chi connectivity index (χ3n) is 4.46. The monoisotopic (exact) mass is 378 g/mol. The number of benzene rings is 1. The lowest BCUT2D eigenvalue weighted by Crippen LogP contribution is -2.58. The van der Waals surface area contributed by atoms with Crippen molar-refractivity contribution in [1.82, 2.24) is 0 Å². The van der Waals surface area contributed by atoms with Crippen molar-refractivity contribution < 1.29 is 33.0 Å². The van der Waals surface area contributed by atoms with Crippen LogP contribution in [-0.4, -0.2) is 48.8 Å². The summed E-state index contributed by atoms with van der Waals surface area (Å²) in [5.41, 5.74) is 0.233. The highest BCUT2D eigenvalue weighted by atomic mass is 19.1. The molecule has 1 aromatic carbocycles. The molecular formula is C18H19FN2O6. The van der Waals surface area contributed by atoms with Crippen molar-refractivity contribution >= 4 is 17.9 Å². The zero-order valence-corrected chi connectivity index (χ0v) is 14.8. The molecule has 27 heavy (non-hydrogen) atoms. The quantitative estimate of drug-likeness (QED) is 0.573. The number of hydrogen-bond acceptors (Lipinski definition) is 8. The fraction of sp³-hybridized carbons (Fsp3) is 0.500. The lowest BCUT2D eigenvalue weighted by Gasteiger charge is -2.40. The summed E-state index contributed by atoms with van der Waals surface area (Å²) < 4.78 is 31.1. The molecule has 3 rings (SSSR count). The Balaban J connectivity index is 1.96. The van der Waals surface area contributed by atoms with Crippen molar-refractivity contribution in [2.75, 3.05) is 6.54 Å². The zero-order chi connectivity index (χ0) is 19.6. The number of carbonyl (C=O) groups is 3. The van der Waals surface area contributed by atoms with Crippen LogP contribution in [0.2, 0.25) is 0 Å². The van der Waals surface area contributed by atoms with Crippen LogP contribution < -0.4 is 0 Å². The number of carbonyl (C=O) groups excluding carboxylic acids is 3. The van der Waals surface area contributed by atoms with Gasteiger partial charge in [0.15, 0.2) is 24.5 Å². The lowest BCUT2D eigenvalue weighted by atomic mass is 9.86. The number of esters is 3. The number of fused-ring (bicyclic) bond motifs is 1. The molecule has 0 radical (unpaired) electrons. The first-order chi connectivity index (χ1) is 12.9. The molecule has 1 saturated heterocycles. The maximum atomic E-state index is 15.3. The normalized spacial score (nSPS) is 28.6. The van der Waals surface area contributed by atoms with E-state index in [1.807, 2.05) is 0 Å². The fourth-order valence-electron chi connectivity index (χ4n) is 3.30. The van der Waals surface area contributed by atoms with E-state index in [2.05, 4.69) is 10.2 Å². The Morgan fingerprint density at radius 3 is 2.56 bits per heavy atom. The average molecular weight is 378 g/mol. The van der Waals surface area contributed by atoms with E-state index in [1.165, 1.54) is 19.1 Å². The first kappa shape index (κ1) is 18.9. The summed E-state index contributed by atoms with van der Waals surface area (Å²) >= 11 is 0. The number of alkyl halides is 1. The number of halogens is 1. The summed E-state index contributed by atoms with van der Waals surface area (Å²) in [5, 5.41) is 7.80. The molecule has 0 bridgehead atoms. The Morgan fingerprint density at radius 2 is 1.93 bits per heavy atom. The molecule has 0 aliphatic carbocycles. The van der Waals surface area contributed by atoms with E-state index in [-0.39, 0.29) is 12.1 Å². The maximum Gasteiger partial charge on any atom is 0.313 e. The predicted octanol–water partition coefficient (Wildman–Crippen LogP) is 1.94. The van der Waals surface area contributed by atoms with Gasteiger partial charge in [-0.1, -0.05) is 30.3 Å². The van der Waals surface area contributed by atoms with Crippen LogP contribution >= 0.6 is 0 Å². The van der Waals surface area contributed by atoms with Gasteiger partial charge in [0.05, 0.1) is 6.54 Å². The second-order valence-corrected chi connectivity index (χ2v) is 6.40. The molecule has 1 aromatic rings. The highest BCUT2D eigenvalue weighted by Gasteiger charge is 2.55. The minimum Gasteiger partial charge on any atom is -0.456 e. The van der Waals surface area contributed by atoms with Crippen molar-refractivity contribution in [2.24, 2.45) is 16.1 Å². The summed E-state index contributed by atoms with van der Waals surface area (Å²) in [4.78, 5) is 35.5. The molecule has 9 heteroatoms. The third kappa shape index (κ3) is 3.96. The Hall–Kier alpha value is -2.84. The highest BCUT2D eigenvalue weighted by molar-refractivity contribution is 5.76. The summed E-state index contributed by atoms with van der Waals surface area (Å²) in [7, 11) is 0. The first-order valence-electron chi connectivity index (χ1n) is 8.49. The molecule has 6 atom stereocenters. The van der Waals surface area contributed by atoms with Crippen LogP contribution in [0.4, 0.5) is 4.39 Å². The topological polar surface area (TPSA) is 104 Å². The van der Waals surface area contributed by atoms with Crippen LogP contribution in [0.3, 0.4) is 0 Å². The number of rotatable bonds is 5. The minimum absolute atomic E-state index is 0.101. The molecule has 0 N–H and O–H groups in total. The third-order valence-corrected chi connectivity index (χ3v) is 4.46. The van der Waals surface area contributed by atoms with E-state index >= 15 is 4.39 Å². The van der Waals surface area contributed by atoms with Gasteiger partial charge in [0.25, 0.3) is 0 Å². The molecule has 0 unspecified atom stereocenters. The Morgan fingerprint density at radius 1 is 1.22 bits per heavy atom. The zero-order valence-electron chi connectivity index (χ0n) is 14.8. The van der Waals surface area contributed by atoms with Crippen molar-refractivity contribution in [3.8, 4) is 0 Å². The molecule has 1 fully saturated rings. The van der Waals surface area contributed by atoms with E-state index in [9.17, 15) is 14.4 Å². The molecule has 0 amide bonds. The molecule has 2 aliphatic heterocycles. The number of ether oxygens (including phenoxy) is 3. The van der Waals surface area contributed by atoms with E-state index in [4.69, 9.17) is 14.2 Å². The van der Waals surface area contributed by atoms with Gasteiger partial charge in [-0.05, 0) is 5.56 Å². The molecule has 8 nitrogen and oxygen atoms in total. The number of nitrogens with zero attached hydrogens (tertiary/aromatic N) is 2. The van der Waals surface area contributed by atoms with Gasteiger partial charge in [-0.25, -0.2) is 4.39 Å². The molecule has 0 spiro atoms. The summed E-state index contributed by atoms with van der Waals surface area (Å²) in [6, 6.07) is 7.20. The molecule has 0 aromatic heterocycles. The van der Waals surface area contributed by atoms with Crippen LogP contribution in [0.25, 0.3) is 0 Å². The highest BCUT2D eigenvalue weighted by Crippen LogP contribution is 2.37. The first-order valence-corrected chi connectivity index (χ1v) is 8.49. The van der Waals surface area contributed by atoms with Gasteiger partial charge in [0.1, 0.15) is 12.0 Å². The Bertz CT molecular complexity index is 755. The van der Waals surface area contributed by atoms with Gasteiger partial charge < -0.3 is 14.2 Å². The number of hydrogen-bond donors (Lipinski definition) is 0. The van der Waals surface area contributed by atoms with Crippen LogP contribution in [0.1, 0.15) is 25.6 Å². The van der Waals surface area contributed by atoms with Crippen LogP contribution in [0, 0.1) is 5.92 Å². The van der Waals surface area contributed by atoms with Crippen LogP contribution in [-0.2, 0) is 28.6 Å². The molecular weight excluding hydrogens is 359 g/mol. The van der Waals surface area contributed by atoms with Crippen molar-refractivity contribution in [3.63, 3.8) is 0 Å². The fourth-order valence-corrected chi connectivity index (χ4v) is 3.30. The van der Waals surface area contributed by atoms with Gasteiger partial charge in [0.2, 0.25) is 0 Å². The smallest absolute Gasteiger partial charge is 0.313 e. The van der Waals surface area contributed by atoms with E-state index in [0.29, 0.717) is 0 Å². The van der Waals surface area contributed by atoms with Gasteiger partial charge in [-0.2, -0.15) is 10.2 Å². The van der Waals surface area contributed by atoms with Gasteiger partial charge in [-0.3, -0.25) is 14.4 Å².